The lowest BCUT2D eigenvalue weighted by atomic mass is 10.1. The van der Waals surface area contributed by atoms with Crippen LogP contribution in [-0.2, 0) is 6.54 Å². The average Bonchev–Trinajstić information content (AvgIpc) is 3.22. The fourth-order valence-corrected chi connectivity index (χ4v) is 5.35. The fraction of sp³-hybridized carbons (Fsp3) is 0.536. The number of nitrogens with zero attached hydrogens (tertiary/aromatic N) is 5. The second kappa shape index (κ2) is 10.7. The van der Waals surface area contributed by atoms with E-state index in [1.165, 1.54) is 0 Å². The molecule has 5 rings (SSSR count). The number of piperazine rings is 2. The van der Waals surface area contributed by atoms with Crippen molar-refractivity contribution in [3.05, 3.63) is 52.3 Å². The number of anilines is 1. The van der Waals surface area contributed by atoms with Gasteiger partial charge in [0.1, 0.15) is 23.7 Å². The maximum atomic E-state index is 14.3. The summed E-state index contributed by atoms with van der Waals surface area (Å²) in [5.41, 5.74) is 5.57. The number of aromatic nitrogens is 2. The van der Waals surface area contributed by atoms with E-state index in [0.29, 0.717) is 24.3 Å². The van der Waals surface area contributed by atoms with Crippen LogP contribution in [0.25, 0.3) is 11.0 Å². The normalized spacial score (nSPS) is 17.8. The molecule has 7 nitrogen and oxygen atoms in total. The second-order valence-corrected chi connectivity index (χ2v) is 10.4. The molecule has 2 aliphatic heterocycles. The van der Waals surface area contributed by atoms with Crippen molar-refractivity contribution in [3.63, 3.8) is 0 Å². The Morgan fingerprint density at radius 3 is 2.33 bits per heavy atom. The smallest absolute Gasteiger partial charge is 0.207 e. The monoisotopic (exact) mass is 494 g/mol. The van der Waals surface area contributed by atoms with Gasteiger partial charge in [0.05, 0.1) is 12.1 Å². The molecule has 0 unspecified atom stereocenters. The third-order valence-electron chi connectivity index (χ3n) is 7.44. The number of nitrogens with one attached hydrogen (secondary N) is 1. The maximum absolute atomic E-state index is 14.3. The Hall–Kier alpha value is -2.68. The molecule has 2 aromatic carbocycles. The van der Waals surface area contributed by atoms with Crippen LogP contribution >= 0.6 is 0 Å². The summed E-state index contributed by atoms with van der Waals surface area (Å²) in [5, 5.41) is 3.44. The predicted octanol–water partition coefficient (Wildman–Crippen LogP) is 3.18. The molecule has 1 aromatic heterocycles. The van der Waals surface area contributed by atoms with Crippen LogP contribution in [0.15, 0.2) is 24.3 Å². The summed E-state index contributed by atoms with van der Waals surface area (Å²) < 4.78 is 23.0. The van der Waals surface area contributed by atoms with Crippen molar-refractivity contribution in [1.82, 2.24) is 24.7 Å². The van der Waals surface area contributed by atoms with Gasteiger partial charge in [-0.05, 0) is 62.2 Å². The quantitative estimate of drug-likeness (QED) is 0.545. The molecule has 2 saturated heterocycles. The topological polar surface area (TPSA) is 48.8 Å². The van der Waals surface area contributed by atoms with Crippen LogP contribution in [0.1, 0.15) is 22.3 Å². The Morgan fingerprint density at radius 2 is 1.64 bits per heavy atom. The summed E-state index contributed by atoms with van der Waals surface area (Å²) in [6.45, 7) is 16.1. The van der Waals surface area contributed by atoms with Crippen LogP contribution in [-0.4, -0.2) is 91.9 Å². The van der Waals surface area contributed by atoms with E-state index in [9.17, 15) is 4.39 Å². The Labute approximate surface area is 213 Å². The van der Waals surface area contributed by atoms with E-state index >= 15 is 0 Å². The summed E-state index contributed by atoms with van der Waals surface area (Å²) in [6.07, 6.45) is 0. The van der Waals surface area contributed by atoms with Crippen molar-refractivity contribution in [3.8, 4) is 5.75 Å². The first kappa shape index (κ1) is 25.0. The van der Waals surface area contributed by atoms with Gasteiger partial charge in [-0.2, -0.15) is 0 Å². The van der Waals surface area contributed by atoms with Gasteiger partial charge in [0.15, 0.2) is 0 Å². The van der Waals surface area contributed by atoms with Crippen LogP contribution in [0.2, 0.25) is 0 Å². The molecule has 8 heteroatoms. The fourth-order valence-electron chi connectivity index (χ4n) is 5.35. The van der Waals surface area contributed by atoms with E-state index in [0.717, 1.165) is 92.8 Å². The van der Waals surface area contributed by atoms with Crippen LogP contribution in [0.5, 0.6) is 5.75 Å². The molecular weight excluding hydrogens is 455 g/mol. The van der Waals surface area contributed by atoms with Crippen LogP contribution in [0.4, 0.5) is 10.3 Å². The van der Waals surface area contributed by atoms with Crippen molar-refractivity contribution in [2.75, 3.05) is 77.5 Å². The highest BCUT2D eigenvalue weighted by Gasteiger charge is 2.22. The summed E-state index contributed by atoms with van der Waals surface area (Å²) in [6, 6.07) is 8.22. The first-order chi connectivity index (χ1) is 17.4. The zero-order chi connectivity index (χ0) is 25.2. The molecule has 0 aliphatic carbocycles. The average molecular weight is 495 g/mol. The number of ether oxygens (including phenoxy) is 1. The molecule has 0 spiro atoms. The Kier molecular flexibility index (Phi) is 7.46. The minimum atomic E-state index is -0.122. The highest BCUT2D eigenvalue weighted by Crippen LogP contribution is 2.32. The molecule has 2 fully saturated rings. The van der Waals surface area contributed by atoms with E-state index in [4.69, 9.17) is 9.72 Å². The summed E-state index contributed by atoms with van der Waals surface area (Å²) in [5.74, 6) is 1.69. The molecule has 0 amide bonds. The molecule has 0 atom stereocenters. The number of likely N-dealkylation sites (N-methyl/N-ethyl adjacent to an activating group) is 1. The highest BCUT2D eigenvalue weighted by molar-refractivity contribution is 5.86. The number of aryl methyl sites for hydroxylation is 3. The van der Waals surface area contributed by atoms with E-state index in [1.807, 2.05) is 26.0 Å². The molecule has 0 saturated carbocycles. The minimum absolute atomic E-state index is 0.122. The number of imidazole rings is 1. The number of rotatable bonds is 7. The Morgan fingerprint density at radius 1 is 0.944 bits per heavy atom. The zero-order valence-electron chi connectivity index (χ0n) is 22.1. The summed E-state index contributed by atoms with van der Waals surface area (Å²) >= 11 is 0. The van der Waals surface area contributed by atoms with Crippen molar-refractivity contribution < 1.29 is 9.13 Å². The first-order valence-electron chi connectivity index (χ1n) is 13.1. The standard InChI is InChI=1S/C28H39FN6O/c1-20-15-24-27(25(16-20)36-14-13-33-11-9-32(4)10-12-33)31-28(34-7-5-30-6-8-34)35(24)19-23-17-21(2)26(29)22(3)18-23/h15-18,30H,5-14,19H2,1-4H3. The van der Waals surface area contributed by atoms with Crippen molar-refractivity contribution >= 4 is 17.0 Å². The zero-order valence-corrected chi connectivity index (χ0v) is 22.1. The van der Waals surface area contributed by atoms with Crippen molar-refractivity contribution in [1.29, 1.82) is 0 Å². The third kappa shape index (κ3) is 5.36. The van der Waals surface area contributed by atoms with Gasteiger partial charge in [0.25, 0.3) is 0 Å². The van der Waals surface area contributed by atoms with E-state index in [1.54, 1.807) is 0 Å². The van der Waals surface area contributed by atoms with Gasteiger partial charge in [-0.25, -0.2) is 9.37 Å². The van der Waals surface area contributed by atoms with E-state index in [-0.39, 0.29) is 5.82 Å². The minimum Gasteiger partial charge on any atom is -0.490 e. The molecule has 0 bridgehead atoms. The van der Waals surface area contributed by atoms with Crippen molar-refractivity contribution in [2.24, 2.45) is 0 Å². The van der Waals surface area contributed by atoms with Crippen molar-refractivity contribution in [2.45, 2.75) is 27.3 Å². The predicted molar refractivity (Wildman–Crippen MR) is 144 cm³/mol. The van der Waals surface area contributed by atoms with Crippen LogP contribution in [0, 0.1) is 26.6 Å². The number of hydrogen-bond acceptors (Lipinski definition) is 6. The molecule has 0 radical (unpaired) electrons. The second-order valence-electron chi connectivity index (χ2n) is 10.4. The summed E-state index contributed by atoms with van der Waals surface area (Å²) in [7, 11) is 2.18. The molecule has 36 heavy (non-hydrogen) atoms. The first-order valence-corrected chi connectivity index (χ1v) is 13.1. The number of hydrogen-bond donors (Lipinski definition) is 1. The van der Waals surface area contributed by atoms with Crippen LogP contribution < -0.4 is 15.0 Å². The maximum Gasteiger partial charge on any atom is 0.207 e. The van der Waals surface area contributed by atoms with Gasteiger partial charge < -0.3 is 24.4 Å². The largest absolute Gasteiger partial charge is 0.490 e. The van der Waals surface area contributed by atoms with Crippen LogP contribution in [0.3, 0.4) is 0 Å². The molecule has 3 heterocycles. The molecule has 194 valence electrons. The van der Waals surface area contributed by atoms with Gasteiger partial charge in [-0.3, -0.25) is 4.90 Å². The number of halogens is 1. The lowest BCUT2D eigenvalue weighted by molar-refractivity contribution is 0.134. The Bertz CT molecular complexity index is 1190. The van der Waals surface area contributed by atoms with Gasteiger partial charge in [-0.15, -0.1) is 0 Å². The van der Waals surface area contributed by atoms with Gasteiger partial charge in [0, 0.05) is 58.9 Å². The van der Waals surface area contributed by atoms with E-state index in [2.05, 4.69) is 50.7 Å². The van der Waals surface area contributed by atoms with Gasteiger partial charge >= 0.3 is 0 Å². The third-order valence-corrected chi connectivity index (χ3v) is 7.44. The number of benzene rings is 2. The van der Waals surface area contributed by atoms with Gasteiger partial charge in [0.2, 0.25) is 5.95 Å². The highest BCUT2D eigenvalue weighted by atomic mass is 19.1. The lowest BCUT2D eigenvalue weighted by Crippen LogP contribution is -2.45. The lowest BCUT2D eigenvalue weighted by Gasteiger charge is -2.32. The molecule has 3 aromatic rings. The SMILES string of the molecule is Cc1cc(OCCN2CCN(C)CC2)c2nc(N3CCNCC3)n(Cc3cc(C)c(F)c(C)c3)c2c1. The Balaban J connectivity index is 1.47. The van der Waals surface area contributed by atoms with E-state index < -0.39 is 0 Å². The summed E-state index contributed by atoms with van der Waals surface area (Å²) in [4.78, 5) is 12.3. The molecule has 1 N–H and O–H groups in total. The number of fused-ring (bicyclic) bond motifs is 1. The molecular formula is C28H39FN6O. The van der Waals surface area contributed by atoms with Gasteiger partial charge in [-0.1, -0.05) is 12.1 Å². The molecule has 2 aliphatic rings.